The Morgan fingerprint density at radius 3 is 3.07 bits per heavy atom. The Morgan fingerprint density at radius 1 is 1.71 bits per heavy atom. The van der Waals surface area contributed by atoms with Gasteiger partial charge in [-0.2, -0.15) is 0 Å². The van der Waals surface area contributed by atoms with Gasteiger partial charge in [-0.05, 0) is 13.3 Å². The van der Waals surface area contributed by atoms with E-state index in [1.165, 1.54) is 0 Å². The van der Waals surface area contributed by atoms with E-state index in [-0.39, 0.29) is 24.5 Å². The average molecular weight is 200 g/mol. The van der Waals surface area contributed by atoms with E-state index in [4.69, 9.17) is 5.11 Å². The lowest BCUT2D eigenvalue weighted by molar-refractivity contribution is -0.142. The van der Waals surface area contributed by atoms with Crippen molar-refractivity contribution in [3.8, 4) is 0 Å². The van der Waals surface area contributed by atoms with Crippen molar-refractivity contribution in [1.29, 1.82) is 0 Å². The Morgan fingerprint density at radius 2 is 2.43 bits per heavy atom. The number of piperazine rings is 1. The molecule has 1 fully saturated rings. The van der Waals surface area contributed by atoms with Gasteiger partial charge in [0.2, 0.25) is 11.8 Å². The van der Waals surface area contributed by atoms with Crippen LogP contribution in [0.1, 0.15) is 19.8 Å². The van der Waals surface area contributed by atoms with E-state index in [1.807, 2.05) is 0 Å². The van der Waals surface area contributed by atoms with Crippen molar-refractivity contribution in [2.45, 2.75) is 25.8 Å². The molecule has 0 bridgehead atoms. The van der Waals surface area contributed by atoms with Gasteiger partial charge in [0, 0.05) is 26.1 Å². The van der Waals surface area contributed by atoms with Crippen LogP contribution in [-0.2, 0) is 9.59 Å². The van der Waals surface area contributed by atoms with Crippen LogP contribution in [0.2, 0.25) is 0 Å². The minimum Gasteiger partial charge on any atom is -0.396 e. The molecular formula is C9H16N2O3. The molecule has 0 aromatic carbocycles. The van der Waals surface area contributed by atoms with Gasteiger partial charge in [-0.1, -0.05) is 0 Å². The van der Waals surface area contributed by atoms with E-state index in [9.17, 15) is 9.59 Å². The fourth-order valence-electron chi connectivity index (χ4n) is 1.50. The Balaban J connectivity index is 2.49. The van der Waals surface area contributed by atoms with E-state index in [2.05, 4.69) is 5.32 Å². The largest absolute Gasteiger partial charge is 0.396 e. The van der Waals surface area contributed by atoms with Gasteiger partial charge in [0.15, 0.2) is 0 Å². The van der Waals surface area contributed by atoms with Crippen molar-refractivity contribution in [3.63, 3.8) is 0 Å². The maximum absolute atomic E-state index is 11.5. The molecule has 1 saturated heterocycles. The third kappa shape index (κ3) is 2.45. The number of aliphatic hydroxyl groups excluding tert-OH is 1. The van der Waals surface area contributed by atoms with Gasteiger partial charge in [-0.3, -0.25) is 9.59 Å². The summed E-state index contributed by atoms with van der Waals surface area (Å²) in [4.78, 5) is 24.3. The molecule has 0 aromatic heterocycles. The van der Waals surface area contributed by atoms with Gasteiger partial charge in [-0.15, -0.1) is 0 Å². The topological polar surface area (TPSA) is 69.6 Å². The molecular weight excluding hydrogens is 184 g/mol. The van der Waals surface area contributed by atoms with Gasteiger partial charge in [0.25, 0.3) is 0 Å². The van der Waals surface area contributed by atoms with Crippen molar-refractivity contribution in [3.05, 3.63) is 0 Å². The van der Waals surface area contributed by atoms with Crippen LogP contribution in [0.4, 0.5) is 0 Å². The average Bonchev–Trinajstić information content (AvgIpc) is 2.18. The van der Waals surface area contributed by atoms with Crippen LogP contribution in [0.15, 0.2) is 0 Å². The van der Waals surface area contributed by atoms with Crippen LogP contribution in [0.3, 0.4) is 0 Å². The Labute approximate surface area is 83.1 Å². The second kappa shape index (κ2) is 4.95. The summed E-state index contributed by atoms with van der Waals surface area (Å²) in [5.74, 6) is -0.157. The molecule has 1 rings (SSSR count). The fourth-order valence-corrected chi connectivity index (χ4v) is 1.50. The monoisotopic (exact) mass is 200 g/mol. The van der Waals surface area contributed by atoms with Crippen LogP contribution < -0.4 is 5.32 Å². The number of hydrogen-bond donors (Lipinski definition) is 2. The molecule has 2 N–H and O–H groups in total. The minimum absolute atomic E-state index is 0.0140. The minimum atomic E-state index is -0.380. The standard InChI is InChI=1S/C9H16N2O3/c1-7-9(14)10-4-5-11(7)8(13)3-2-6-12/h7,12H,2-6H2,1H3,(H,10,14). The first kappa shape index (κ1) is 11.0. The number of aliphatic hydroxyl groups is 1. The normalized spacial score (nSPS) is 22.0. The predicted octanol–water partition coefficient (Wildman–Crippen LogP) is -0.894. The fraction of sp³-hybridized carbons (Fsp3) is 0.778. The van der Waals surface area contributed by atoms with Crippen LogP contribution in [0.25, 0.3) is 0 Å². The maximum atomic E-state index is 11.5. The first-order valence-corrected chi connectivity index (χ1v) is 4.85. The molecule has 0 aromatic rings. The molecule has 0 aliphatic carbocycles. The van der Waals surface area contributed by atoms with E-state index < -0.39 is 0 Å². The summed E-state index contributed by atoms with van der Waals surface area (Å²) in [6.45, 7) is 2.82. The van der Waals surface area contributed by atoms with Crippen LogP contribution in [0.5, 0.6) is 0 Å². The highest BCUT2D eigenvalue weighted by atomic mass is 16.3. The molecule has 0 spiro atoms. The van der Waals surface area contributed by atoms with Crippen LogP contribution in [-0.4, -0.2) is 47.6 Å². The van der Waals surface area contributed by atoms with Gasteiger partial charge in [-0.25, -0.2) is 0 Å². The molecule has 1 atom stereocenters. The summed E-state index contributed by atoms with van der Waals surface area (Å²) in [5.41, 5.74) is 0. The van der Waals surface area contributed by atoms with Crippen molar-refractivity contribution in [2.24, 2.45) is 0 Å². The molecule has 1 aliphatic rings. The molecule has 5 nitrogen and oxygen atoms in total. The summed E-state index contributed by atoms with van der Waals surface area (Å²) in [7, 11) is 0. The molecule has 14 heavy (non-hydrogen) atoms. The lowest BCUT2D eigenvalue weighted by Gasteiger charge is -2.32. The van der Waals surface area contributed by atoms with Crippen molar-refractivity contribution in [2.75, 3.05) is 19.7 Å². The highest BCUT2D eigenvalue weighted by molar-refractivity contribution is 5.88. The molecule has 80 valence electrons. The van der Waals surface area contributed by atoms with E-state index in [0.29, 0.717) is 25.9 Å². The number of nitrogens with one attached hydrogen (secondary N) is 1. The highest BCUT2D eigenvalue weighted by Crippen LogP contribution is 2.07. The van der Waals surface area contributed by atoms with Gasteiger partial charge in [0.1, 0.15) is 6.04 Å². The second-order valence-corrected chi connectivity index (χ2v) is 3.38. The highest BCUT2D eigenvalue weighted by Gasteiger charge is 2.28. The Bertz CT molecular complexity index is 230. The number of amides is 2. The smallest absolute Gasteiger partial charge is 0.242 e. The third-order valence-corrected chi connectivity index (χ3v) is 2.37. The van der Waals surface area contributed by atoms with Gasteiger partial charge >= 0.3 is 0 Å². The van der Waals surface area contributed by atoms with E-state index in [0.717, 1.165) is 0 Å². The third-order valence-electron chi connectivity index (χ3n) is 2.37. The van der Waals surface area contributed by atoms with Gasteiger partial charge < -0.3 is 15.3 Å². The zero-order valence-electron chi connectivity index (χ0n) is 8.32. The van der Waals surface area contributed by atoms with Crippen LogP contribution >= 0.6 is 0 Å². The summed E-state index contributed by atoms with van der Waals surface area (Å²) in [6, 6.07) is -0.380. The lowest BCUT2D eigenvalue weighted by Crippen LogP contribution is -2.55. The number of nitrogens with zero attached hydrogens (tertiary/aromatic N) is 1. The molecule has 1 heterocycles. The number of hydrogen-bond acceptors (Lipinski definition) is 3. The first-order chi connectivity index (χ1) is 6.66. The van der Waals surface area contributed by atoms with Crippen molar-refractivity contribution >= 4 is 11.8 Å². The molecule has 0 radical (unpaired) electrons. The molecule has 1 unspecified atom stereocenters. The Kier molecular flexibility index (Phi) is 3.88. The molecule has 0 saturated carbocycles. The van der Waals surface area contributed by atoms with Crippen molar-refractivity contribution < 1.29 is 14.7 Å². The second-order valence-electron chi connectivity index (χ2n) is 3.38. The van der Waals surface area contributed by atoms with E-state index >= 15 is 0 Å². The molecule has 2 amide bonds. The zero-order valence-corrected chi connectivity index (χ0v) is 8.32. The first-order valence-electron chi connectivity index (χ1n) is 4.85. The number of carbonyl (C=O) groups is 2. The van der Waals surface area contributed by atoms with Crippen molar-refractivity contribution in [1.82, 2.24) is 10.2 Å². The quantitative estimate of drug-likeness (QED) is 0.620. The van der Waals surface area contributed by atoms with Crippen LogP contribution in [0, 0.1) is 0 Å². The molecule has 1 aliphatic heterocycles. The summed E-state index contributed by atoms with van der Waals surface area (Å²) in [6.07, 6.45) is 0.776. The predicted molar refractivity (Wildman–Crippen MR) is 50.5 cm³/mol. The lowest BCUT2D eigenvalue weighted by atomic mass is 10.1. The van der Waals surface area contributed by atoms with Gasteiger partial charge in [0.05, 0.1) is 0 Å². The number of carbonyl (C=O) groups excluding carboxylic acids is 2. The summed E-state index contributed by atoms with van der Waals surface area (Å²) < 4.78 is 0. The van der Waals surface area contributed by atoms with E-state index in [1.54, 1.807) is 11.8 Å². The molecule has 5 heteroatoms. The zero-order chi connectivity index (χ0) is 10.6. The summed E-state index contributed by atoms with van der Waals surface area (Å²) in [5, 5.41) is 11.3. The number of rotatable bonds is 3. The SMILES string of the molecule is CC1C(=O)NCCN1C(=O)CCCO. The summed E-state index contributed by atoms with van der Waals surface area (Å²) >= 11 is 0. The maximum Gasteiger partial charge on any atom is 0.242 e. The Hall–Kier alpha value is -1.10.